The van der Waals surface area contributed by atoms with E-state index in [0.717, 1.165) is 31.8 Å². The number of benzene rings is 1. The van der Waals surface area contributed by atoms with Crippen molar-refractivity contribution in [2.75, 3.05) is 39.3 Å². The van der Waals surface area contributed by atoms with Crippen molar-refractivity contribution in [3.05, 3.63) is 29.8 Å². The Balaban J connectivity index is 1.90. The molecule has 1 fully saturated rings. The average Bonchev–Trinajstić information content (AvgIpc) is 2.58. The summed E-state index contributed by atoms with van der Waals surface area (Å²) in [7, 11) is -4.40. The number of piperazine rings is 1. The van der Waals surface area contributed by atoms with Crippen LogP contribution >= 0.6 is 0 Å². The number of esters is 1. The molecule has 1 saturated heterocycles. The standard InChI is InChI=1S/C15H20N2O6S/c1-2-16-6-8-17(9-7-16)14(18)11-23-15(19)12-4-3-5-13(10-12)24(20,21)22/h3-5,10H,2,6-9,11H2,1H3,(H,20,21,22). The molecule has 132 valence electrons. The van der Waals surface area contributed by atoms with Crippen molar-refractivity contribution in [3.8, 4) is 0 Å². The summed E-state index contributed by atoms with van der Waals surface area (Å²) in [5.41, 5.74) is -0.0475. The third-order valence-corrected chi connectivity index (χ3v) is 4.72. The molecule has 1 aliphatic rings. The van der Waals surface area contributed by atoms with E-state index in [9.17, 15) is 18.0 Å². The van der Waals surface area contributed by atoms with Crippen LogP contribution in [-0.2, 0) is 19.6 Å². The average molecular weight is 356 g/mol. The topological polar surface area (TPSA) is 104 Å². The number of hydrogen-bond acceptors (Lipinski definition) is 6. The molecule has 0 bridgehead atoms. The zero-order valence-electron chi connectivity index (χ0n) is 13.3. The van der Waals surface area contributed by atoms with Crippen LogP contribution in [0.2, 0.25) is 0 Å². The highest BCUT2D eigenvalue weighted by Crippen LogP contribution is 2.12. The lowest BCUT2D eigenvalue weighted by molar-refractivity contribution is -0.136. The number of ether oxygens (including phenoxy) is 1. The van der Waals surface area contributed by atoms with Gasteiger partial charge in [0, 0.05) is 26.2 Å². The monoisotopic (exact) mass is 356 g/mol. The second kappa shape index (κ2) is 7.73. The summed E-state index contributed by atoms with van der Waals surface area (Å²) in [5, 5.41) is 0. The first-order valence-electron chi connectivity index (χ1n) is 7.56. The Labute approximate surface area is 140 Å². The highest BCUT2D eigenvalue weighted by atomic mass is 32.2. The quantitative estimate of drug-likeness (QED) is 0.596. The lowest BCUT2D eigenvalue weighted by atomic mass is 10.2. The summed E-state index contributed by atoms with van der Waals surface area (Å²) in [6.45, 7) is 5.33. The van der Waals surface area contributed by atoms with Crippen LogP contribution in [0.25, 0.3) is 0 Å². The Morgan fingerprint density at radius 2 is 1.88 bits per heavy atom. The largest absolute Gasteiger partial charge is 0.452 e. The van der Waals surface area contributed by atoms with Gasteiger partial charge in [0.25, 0.3) is 16.0 Å². The van der Waals surface area contributed by atoms with E-state index in [1.54, 1.807) is 4.90 Å². The third kappa shape index (κ3) is 4.76. The molecule has 0 unspecified atom stereocenters. The lowest BCUT2D eigenvalue weighted by Crippen LogP contribution is -2.49. The molecule has 1 aliphatic heterocycles. The van der Waals surface area contributed by atoms with Gasteiger partial charge in [0.1, 0.15) is 0 Å². The van der Waals surface area contributed by atoms with Crippen molar-refractivity contribution in [2.45, 2.75) is 11.8 Å². The second-order valence-corrected chi connectivity index (χ2v) is 6.82. The molecule has 0 atom stereocenters. The Kier molecular flexibility index (Phi) is 5.92. The van der Waals surface area contributed by atoms with Crippen LogP contribution in [-0.4, -0.2) is 74.0 Å². The third-order valence-electron chi connectivity index (χ3n) is 3.87. The minimum absolute atomic E-state index is 0.0475. The van der Waals surface area contributed by atoms with E-state index in [1.165, 1.54) is 12.1 Å². The fraction of sp³-hybridized carbons (Fsp3) is 0.467. The van der Waals surface area contributed by atoms with Gasteiger partial charge in [-0.25, -0.2) is 4.79 Å². The zero-order valence-corrected chi connectivity index (χ0v) is 14.2. The Hall–Kier alpha value is -1.97. The highest BCUT2D eigenvalue weighted by molar-refractivity contribution is 7.85. The van der Waals surface area contributed by atoms with Crippen LogP contribution < -0.4 is 0 Å². The minimum atomic E-state index is -4.40. The van der Waals surface area contributed by atoms with Crippen molar-refractivity contribution in [1.82, 2.24) is 9.80 Å². The van der Waals surface area contributed by atoms with Gasteiger partial charge >= 0.3 is 5.97 Å². The molecule has 0 saturated carbocycles. The van der Waals surface area contributed by atoms with Gasteiger partial charge in [-0.1, -0.05) is 13.0 Å². The lowest BCUT2D eigenvalue weighted by Gasteiger charge is -2.33. The molecule has 24 heavy (non-hydrogen) atoms. The van der Waals surface area contributed by atoms with Crippen LogP contribution in [0.5, 0.6) is 0 Å². The number of likely N-dealkylation sites (N-methyl/N-ethyl adjacent to an activating group) is 1. The number of carbonyl (C=O) groups excluding carboxylic acids is 2. The van der Waals surface area contributed by atoms with Crippen LogP contribution in [0.1, 0.15) is 17.3 Å². The normalized spacial score (nSPS) is 16.0. The van der Waals surface area contributed by atoms with Crippen LogP contribution in [0.3, 0.4) is 0 Å². The fourth-order valence-electron chi connectivity index (χ4n) is 2.40. The Morgan fingerprint density at radius 3 is 2.46 bits per heavy atom. The van der Waals surface area contributed by atoms with Crippen molar-refractivity contribution in [2.24, 2.45) is 0 Å². The van der Waals surface area contributed by atoms with Gasteiger partial charge in [0.2, 0.25) is 0 Å². The molecule has 0 aliphatic carbocycles. The number of nitrogens with zero attached hydrogens (tertiary/aromatic N) is 2. The maximum absolute atomic E-state index is 12.0. The molecule has 2 rings (SSSR count). The fourth-order valence-corrected chi connectivity index (χ4v) is 2.93. The number of rotatable bonds is 5. The zero-order chi connectivity index (χ0) is 17.7. The molecule has 1 amide bonds. The summed E-state index contributed by atoms with van der Waals surface area (Å²) in [6.07, 6.45) is 0. The molecule has 9 heteroatoms. The van der Waals surface area contributed by atoms with Crippen LogP contribution in [0, 0.1) is 0 Å². The van der Waals surface area contributed by atoms with Crippen molar-refractivity contribution in [1.29, 1.82) is 0 Å². The summed E-state index contributed by atoms with van der Waals surface area (Å²) in [6, 6.07) is 4.82. The first kappa shape index (κ1) is 18.4. The predicted molar refractivity (Wildman–Crippen MR) is 85.2 cm³/mol. The van der Waals surface area contributed by atoms with Gasteiger partial charge in [-0.15, -0.1) is 0 Å². The van der Waals surface area contributed by atoms with Crippen molar-refractivity contribution < 1.29 is 27.3 Å². The van der Waals surface area contributed by atoms with Crippen LogP contribution in [0.15, 0.2) is 29.2 Å². The molecule has 1 N–H and O–H groups in total. The van der Waals surface area contributed by atoms with E-state index >= 15 is 0 Å². The van der Waals surface area contributed by atoms with Gasteiger partial charge in [-0.2, -0.15) is 8.42 Å². The van der Waals surface area contributed by atoms with E-state index in [1.807, 2.05) is 0 Å². The molecule has 0 spiro atoms. The molecule has 1 aromatic carbocycles. The van der Waals surface area contributed by atoms with Gasteiger partial charge in [0.15, 0.2) is 6.61 Å². The van der Waals surface area contributed by atoms with E-state index in [4.69, 9.17) is 9.29 Å². The van der Waals surface area contributed by atoms with Crippen molar-refractivity contribution >= 4 is 22.0 Å². The van der Waals surface area contributed by atoms with E-state index in [2.05, 4.69) is 11.8 Å². The molecule has 8 nitrogen and oxygen atoms in total. The first-order valence-corrected chi connectivity index (χ1v) is 9.00. The van der Waals surface area contributed by atoms with Gasteiger partial charge in [0.05, 0.1) is 10.5 Å². The van der Waals surface area contributed by atoms with E-state index in [0.29, 0.717) is 13.1 Å². The molecule has 1 heterocycles. The predicted octanol–water partition coefficient (Wildman–Crippen LogP) is 0.254. The van der Waals surface area contributed by atoms with E-state index in [-0.39, 0.29) is 11.5 Å². The summed E-state index contributed by atoms with van der Waals surface area (Å²) in [4.78, 5) is 27.4. The molecule has 0 aromatic heterocycles. The Bertz CT molecular complexity index is 710. The highest BCUT2D eigenvalue weighted by Gasteiger charge is 2.21. The number of amides is 1. The molecule has 0 radical (unpaired) electrons. The summed E-state index contributed by atoms with van der Waals surface area (Å²) in [5.74, 6) is -1.11. The molecular weight excluding hydrogens is 336 g/mol. The molecular formula is C15H20N2O6S. The van der Waals surface area contributed by atoms with E-state index < -0.39 is 27.6 Å². The number of hydrogen-bond donors (Lipinski definition) is 1. The maximum Gasteiger partial charge on any atom is 0.338 e. The summed E-state index contributed by atoms with van der Waals surface area (Å²) < 4.78 is 36.1. The maximum atomic E-state index is 12.0. The van der Waals surface area contributed by atoms with Gasteiger partial charge in [-0.3, -0.25) is 9.35 Å². The number of carbonyl (C=O) groups is 2. The second-order valence-electron chi connectivity index (χ2n) is 5.39. The molecule has 1 aromatic rings. The first-order chi connectivity index (χ1) is 11.3. The summed E-state index contributed by atoms with van der Waals surface area (Å²) >= 11 is 0. The Morgan fingerprint density at radius 1 is 1.21 bits per heavy atom. The van der Waals surface area contributed by atoms with Gasteiger partial charge < -0.3 is 14.5 Å². The van der Waals surface area contributed by atoms with Crippen molar-refractivity contribution in [3.63, 3.8) is 0 Å². The SMILES string of the molecule is CCN1CCN(C(=O)COC(=O)c2cccc(S(=O)(=O)O)c2)CC1. The van der Waals surface area contributed by atoms with Gasteiger partial charge in [-0.05, 0) is 24.7 Å². The minimum Gasteiger partial charge on any atom is -0.452 e. The van der Waals surface area contributed by atoms with Crippen LogP contribution in [0.4, 0.5) is 0 Å². The smallest absolute Gasteiger partial charge is 0.338 e.